The summed E-state index contributed by atoms with van der Waals surface area (Å²) < 4.78 is 85.5. The Bertz CT molecular complexity index is 1270. The summed E-state index contributed by atoms with van der Waals surface area (Å²) in [5, 5.41) is 17.5. The zero-order valence-corrected chi connectivity index (χ0v) is 20.6. The third-order valence-electron chi connectivity index (χ3n) is 6.10. The summed E-state index contributed by atoms with van der Waals surface area (Å²) in [5.41, 5.74) is 1.33. The Morgan fingerprint density at radius 2 is 1.87 bits per heavy atom. The molecule has 0 aliphatic carbocycles. The van der Waals surface area contributed by atoms with E-state index < -0.39 is 42.2 Å². The summed E-state index contributed by atoms with van der Waals surface area (Å²) in [4.78, 5) is 5.44. The van der Waals surface area contributed by atoms with Crippen molar-refractivity contribution in [1.82, 2.24) is 25.2 Å². The molecule has 1 saturated heterocycles. The Labute approximate surface area is 218 Å². The first-order valence-electron chi connectivity index (χ1n) is 11.1. The molecule has 204 valence electrons. The van der Waals surface area contributed by atoms with Gasteiger partial charge < -0.3 is 14.7 Å². The summed E-state index contributed by atoms with van der Waals surface area (Å²) in [6.07, 6.45) is -1.26. The van der Waals surface area contributed by atoms with Crippen LogP contribution in [0.1, 0.15) is 12.5 Å². The number of halogens is 6. The number of thiocarbonyl (C=S) groups is 1. The van der Waals surface area contributed by atoms with Crippen molar-refractivity contribution in [2.75, 3.05) is 18.2 Å². The number of anilines is 1. The van der Waals surface area contributed by atoms with E-state index in [1.54, 1.807) is 11.8 Å². The highest BCUT2D eigenvalue weighted by atomic mass is 32.1. The number of nitrogens with one attached hydrogen (secondary N) is 1. The van der Waals surface area contributed by atoms with Crippen LogP contribution in [0.3, 0.4) is 0 Å². The van der Waals surface area contributed by atoms with E-state index >= 15 is 0 Å². The second kappa shape index (κ2) is 10.7. The fraction of sp³-hybridized carbons (Fsp3) is 0.348. The minimum Gasteiger partial charge on any atom is -0.487 e. The molecule has 0 bridgehead atoms. The van der Waals surface area contributed by atoms with Gasteiger partial charge in [0.25, 0.3) is 0 Å². The number of hydrogen-bond donors (Lipinski definition) is 2. The molecular formula is C23H22F6N6O2S. The normalized spacial score (nSPS) is 17.0. The first-order chi connectivity index (χ1) is 17.9. The molecule has 4 rings (SSSR count). The van der Waals surface area contributed by atoms with Gasteiger partial charge in [-0.2, -0.15) is 18.9 Å². The fourth-order valence-electron chi connectivity index (χ4n) is 3.92. The first kappa shape index (κ1) is 27.6. The van der Waals surface area contributed by atoms with Crippen molar-refractivity contribution in [3.63, 3.8) is 0 Å². The largest absolute Gasteiger partial charge is 0.487 e. The molecule has 0 radical (unpaired) electrons. The van der Waals surface area contributed by atoms with Gasteiger partial charge in [0.15, 0.2) is 11.7 Å². The van der Waals surface area contributed by atoms with Crippen LogP contribution in [-0.2, 0) is 12.1 Å². The number of ether oxygens (including phenoxy) is 1. The highest BCUT2D eigenvalue weighted by Gasteiger charge is 2.45. The number of hydrogen-bond acceptors (Lipinski definition) is 6. The van der Waals surface area contributed by atoms with E-state index in [1.807, 2.05) is 0 Å². The van der Waals surface area contributed by atoms with Crippen LogP contribution in [-0.4, -0.2) is 61.7 Å². The van der Waals surface area contributed by atoms with Crippen LogP contribution in [0.25, 0.3) is 0 Å². The van der Waals surface area contributed by atoms with Crippen LogP contribution >= 0.6 is 12.2 Å². The SMILES string of the molecule is C[C@@H](N1CN(c2ccc(OCC(F)(F)C(F)F)cc2)C(=S)N1)[C@](O)(Cn1cncn1)c1ccc(F)cc1F. The summed E-state index contributed by atoms with van der Waals surface area (Å²) in [5.74, 6) is -6.10. The van der Waals surface area contributed by atoms with Crippen molar-refractivity contribution in [2.24, 2.45) is 0 Å². The Hall–Kier alpha value is -3.43. The lowest BCUT2D eigenvalue weighted by molar-refractivity contribution is -0.148. The molecule has 0 saturated carbocycles. The molecule has 15 heteroatoms. The topological polar surface area (TPSA) is 78.7 Å². The van der Waals surface area contributed by atoms with Crippen LogP contribution in [0.2, 0.25) is 0 Å². The molecule has 0 unspecified atom stereocenters. The number of aromatic nitrogens is 3. The highest BCUT2D eigenvalue weighted by Crippen LogP contribution is 2.34. The van der Waals surface area contributed by atoms with Crippen LogP contribution in [0.5, 0.6) is 5.75 Å². The third-order valence-corrected chi connectivity index (χ3v) is 6.41. The molecule has 0 spiro atoms. The molecule has 3 aromatic rings. The summed E-state index contributed by atoms with van der Waals surface area (Å²) >= 11 is 5.41. The molecule has 2 atom stereocenters. The van der Waals surface area contributed by atoms with Gasteiger partial charge in [0.2, 0.25) is 0 Å². The molecule has 1 aliphatic rings. The summed E-state index contributed by atoms with van der Waals surface area (Å²) in [6.45, 7) is -0.0364. The van der Waals surface area contributed by atoms with Gasteiger partial charge in [0, 0.05) is 17.3 Å². The lowest BCUT2D eigenvalue weighted by Crippen LogP contribution is -2.54. The Morgan fingerprint density at radius 1 is 1.16 bits per heavy atom. The fourth-order valence-corrected chi connectivity index (χ4v) is 4.20. The maximum absolute atomic E-state index is 14.8. The standard InChI is InChI=1S/C23H22F6N6O2S/c1-14(22(36,9-33-12-30-11-31-33)18-7-2-15(24)8-19(18)25)35-13-34(21(38)32-35)16-3-5-17(6-4-16)37-10-23(28,29)20(26)27/h2-8,11-12,14,20,36H,9-10,13H2,1H3,(H,32,38)/t14-,22-/m1/s1. The quantitative estimate of drug-likeness (QED) is 0.287. The highest BCUT2D eigenvalue weighted by molar-refractivity contribution is 7.80. The first-order valence-corrected chi connectivity index (χ1v) is 11.6. The van der Waals surface area contributed by atoms with Gasteiger partial charge in [-0.15, -0.1) is 0 Å². The van der Waals surface area contributed by atoms with Crippen molar-refractivity contribution in [2.45, 2.75) is 37.5 Å². The van der Waals surface area contributed by atoms with E-state index in [0.29, 0.717) is 11.8 Å². The average Bonchev–Trinajstić information content (AvgIpc) is 3.51. The number of benzene rings is 2. The van der Waals surface area contributed by atoms with Crippen molar-refractivity contribution >= 4 is 23.0 Å². The van der Waals surface area contributed by atoms with E-state index in [1.165, 1.54) is 46.6 Å². The predicted octanol–water partition coefficient (Wildman–Crippen LogP) is 3.68. The van der Waals surface area contributed by atoms with Crippen molar-refractivity contribution in [1.29, 1.82) is 0 Å². The molecule has 0 amide bonds. The monoisotopic (exact) mass is 560 g/mol. The molecular weight excluding hydrogens is 538 g/mol. The predicted molar refractivity (Wildman–Crippen MR) is 128 cm³/mol. The van der Waals surface area contributed by atoms with Crippen LogP contribution in [0.4, 0.5) is 32.0 Å². The molecule has 2 aromatic carbocycles. The molecule has 2 heterocycles. The maximum atomic E-state index is 14.8. The second-order valence-corrected chi connectivity index (χ2v) is 9.00. The summed E-state index contributed by atoms with van der Waals surface area (Å²) in [6, 6.07) is 7.60. The number of alkyl halides is 4. The molecule has 8 nitrogen and oxygen atoms in total. The van der Waals surface area contributed by atoms with E-state index in [4.69, 9.17) is 17.0 Å². The Balaban J connectivity index is 1.53. The molecule has 1 fully saturated rings. The zero-order valence-electron chi connectivity index (χ0n) is 19.7. The Morgan fingerprint density at radius 3 is 2.47 bits per heavy atom. The van der Waals surface area contributed by atoms with Gasteiger partial charge in [-0.1, -0.05) is 6.07 Å². The zero-order chi connectivity index (χ0) is 27.7. The lowest BCUT2D eigenvalue weighted by atomic mass is 9.86. The third kappa shape index (κ3) is 5.68. The number of nitrogens with zero attached hydrogens (tertiary/aromatic N) is 5. The van der Waals surface area contributed by atoms with Crippen LogP contribution in [0.15, 0.2) is 55.1 Å². The summed E-state index contributed by atoms with van der Waals surface area (Å²) in [7, 11) is 0. The minimum absolute atomic E-state index is 0.0497. The molecule has 1 aliphatic heterocycles. The number of rotatable bonds is 10. The van der Waals surface area contributed by atoms with Gasteiger partial charge in [-0.05, 0) is 49.5 Å². The molecule has 38 heavy (non-hydrogen) atoms. The number of hydrazine groups is 1. The van der Waals surface area contributed by atoms with E-state index in [2.05, 4.69) is 15.5 Å². The Kier molecular flexibility index (Phi) is 7.80. The van der Waals surface area contributed by atoms with E-state index in [-0.39, 0.29) is 29.6 Å². The van der Waals surface area contributed by atoms with Crippen molar-refractivity contribution < 1.29 is 36.2 Å². The average molecular weight is 561 g/mol. The van der Waals surface area contributed by atoms with E-state index in [9.17, 15) is 31.4 Å². The number of aliphatic hydroxyl groups is 1. The molecule has 2 N–H and O–H groups in total. The van der Waals surface area contributed by atoms with Gasteiger partial charge >= 0.3 is 12.3 Å². The van der Waals surface area contributed by atoms with Gasteiger partial charge in [-0.25, -0.2) is 27.2 Å². The van der Waals surface area contributed by atoms with Gasteiger partial charge in [0.05, 0.1) is 19.3 Å². The smallest absolute Gasteiger partial charge is 0.340 e. The van der Waals surface area contributed by atoms with E-state index in [0.717, 1.165) is 12.1 Å². The molecule has 1 aromatic heterocycles. The van der Waals surface area contributed by atoms with Crippen LogP contribution in [0, 0.1) is 11.6 Å². The van der Waals surface area contributed by atoms with Gasteiger partial charge in [-0.3, -0.25) is 5.43 Å². The maximum Gasteiger partial charge on any atom is 0.340 e. The lowest BCUT2D eigenvalue weighted by Gasteiger charge is -2.39. The minimum atomic E-state index is -4.29. The van der Waals surface area contributed by atoms with Crippen molar-refractivity contribution in [3.8, 4) is 5.75 Å². The second-order valence-electron chi connectivity index (χ2n) is 8.62. The van der Waals surface area contributed by atoms with Crippen LogP contribution < -0.4 is 15.1 Å². The van der Waals surface area contributed by atoms with Gasteiger partial charge in [0.1, 0.15) is 35.6 Å². The van der Waals surface area contributed by atoms with Crippen molar-refractivity contribution in [3.05, 3.63) is 72.3 Å².